The van der Waals surface area contributed by atoms with Gasteiger partial charge < -0.3 is 14.4 Å². The van der Waals surface area contributed by atoms with Gasteiger partial charge in [-0.05, 0) is 47.9 Å². The molecular weight excluding hydrogens is 333 g/mol. The quantitative estimate of drug-likeness (QED) is 0.785. The molecule has 1 heterocycles. The zero-order valence-corrected chi connectivity index (χ0v) is 15.0. The predicted molar refractivity (Wildman–Crippen MR) is 98.6 cm³/mol. The van der Waals surface area contributed by atoms with Crippen LogP contribution in [0.4, 0.5) is 4.39 Å². The third-order valence-corrected chi connectivity index (χ3v) is 4.27. The highest BCUT2D eigenvalue weighted by Gasteiger charge is 2.16. The average Bonchev–Trinajstić information content (AvgIpc) is 2.64. The molecule has 0 saturated carbocycles. The first kappa shape index (κ1) is 18.0. The topological polar surface area (TPSA) is 38.8 Å². The van der Waals surface area contributed by atoms with Crippen molar-refractivity contribution in [3.63, 3.8) is 0 Å². The lowest BCUT2D eigenvalue weighted by Crippen LogP contribution is -2.21. The molecule has 0 radical (unpaired) electrons. The smallest absolute Gasteiger partial charge is 0.222 e. The molecule has 2 aromatic rings. The summed E-state index contributed by atoms with van der Waals surface area (Å²) in [6, 6.07) is 12.0. The Morgan fingerprint density at radius 3 is 2.85 bits per heavy atom. The van der Waals surface area contributed by atoms with Crippen LogP contribution < -0.4 is 9.47 Å². The number of allylic oxidation sites excluding steroid dienone is 1. The van der Waals surface area contributed by atoms with Crippen molar-refractivity contribution in [2.75, 3.05) is 20.7 Å². The van der Waals surface area contributed by atoms with Gasteiger partial charge in [0.2, 0.25) is 5.91 Å². The number of nitrogens with zero attached hydrogens (tertiary/aromatic N) is 1. The highest BCUT2D eigenvalue weighted by Crippen LogP contribution is 2.35. The zero-order valence-electron chi connectivity index (χ0n) is 15.0. The number of ether oxygens (including phenoxy) is 2. The molecule has 0 unspecified atom stereocenters. The molecule has 0 atom stereocenters. The van der Waals surface area contributed by atoms with Crippen LogP contribution in [0.3, 0.4) is 0 Å². The average molecular weight is 355 g/mol. The van der Waals surface area contributed by atoms with E-state index in [0.717, 1.165) is 22.4 Å². The molecule has 3 rings (SSSR count). The Bertz CT molecular complexity index is 830. The Labute approximate surface area is 152 Å². The molecule has 0 spiro atoms. The van der Waals surface area contributed by atoms with E-state index in [1.54, 1.807) is 25.1 Å². The summed E-state index contributed by atoms with van der Waals surface area (Å²) in [5, 5.41) is 0. The van der Waals surface area contributed by atoms with Crippen molar-refractivity contribution >= 4 is 11.5 Å². The third-order valence-electron chi connectivity index (χ3n) is 4.27. The number of hydrogen-bond acceptors (Lipinski definition) is 3. The molecule has 5 heteroatoms. The van der Waals surface area contributed by atoms with Gasteiger partial charge in [-0.3, -0.25) is 4.79 Å². The van der Waals surface area contributed by atoms with Crippen LogP contribution in [0, 0.1) is 5.82 Å². The second-order valence-corrected chi connectivity index (χ2v) is 6.41. The van der Waals surface area contributed by atoms with Crippen molar-refractivity contribution in [3.05, 3.63) is 65.5 Å². The number of carbonyl (C=O) groups excluding carboxylic acids is 1. The van der Waals surface area contributed by atoms with Crippen LogP contribution in [-0.4, -0.2) is 31.5 Å². The van der Waals surface area contributed by atoms with Crippen LogP contribution in [0.2, 0.25) is 0 Å². The summed E-state index contributed by atoms with van der Waals surface area (Å²) >= 11 is 0. The molecule has 0 bridgehead atoms. The van der Waals surface area contributed by atoms with E-state index in [2.05, 4.69) is 0 Å². The predicted octanol–water partition coefficient (Wildman–Crippen LogP) is 4.05. The molecule has 1 aliphatic heterocycles. The molecular formula is C21H22FNO3. The summed E-state index contributed by atoms with van der Waals surface area (Å²) < 4.78 is 24.7. The van der Waals surface area contributed by atoms with E-state index in [1.165, 1.54) is 12.1 Å². The molecule has 0 aromatic heterocycles. The Hall–Kier alpha value is -2.82. The van der Waals surface area contributed by atoms with Crippen molar-refractivity contribution in [2.24, 2.45) is 0 Å². The van der Waals surface area contributed by atoms with Gasteiger partial charge in [-0.1, -0.05) is 12.1 Å². The van der Waals surface area contributed by atoms with Gasteiger partial charge >= 0.3 is 0 Å². The van der Waals surface area contributed by atoms with Crippen LogP contribution in [0.1, 0.15) is 24.0 Å². The monoisotopic (exact) mass is 355 g/mol. The fourth-order valence-electron chi connectivity index (χ4n) is 2.81. The summed E-state index contributed by atoms with van der Waals surface area (Å²) in [7, 11) is 3.52. The van der Waals surface area contributed by atoms with Crippen LogP contribution in [0.15, 0.2) is 48.5 Å². The number of benzene rings is 2. The van der Waals surface area contributed by atoms with Gasteiger partial charge in [0.25, 0.3) is 0 Å². The summed E-state index contributed by atoms with van der Waals surface area (Å²) in [5.41, 5.74) is 2.87. The number of fused-ring (bicyclic) bond motifs is 1. The summed E-state index contributed by atoms with van der Waals surface area (Å²) in [4.78, 5) is 13.4. The van der Waals surface area contributed by atoms with Crippen LogP contribution in [0.25, 0.3) is 5.57 Å². The van der Waals surface area contributed by atoms with Crippen molar-refractivity contribution < 1.29 is 18.7 Å². The van der Waals surface area contributed by atoms with Crippen molar-refractivity contribution in [3.8, 4) is 11.5 Å². The SMILES string of the molecule is CN(C)C(=O)CCC1=CCOc2cc(OCc3cccc(F)c3)ccc21. The van der Waals surface area contributed by atoms with E-state index < -0.39 is 0 Å². The number of rotatable bonds is 6. The lowest BCUT2D eigenvalue weighted by molar-refractivity contribution is -0.128. The van der Waals surface area contributed by atoms with E-state index in [0.29, 0.717) is 25.2 Å². The van der Waals surface area contributed by atoms with E-state index in [9.17, 15) is 9.18 Å². The van der Waals surface area contributed by atoms with Gasteiger partial charge in [0.1, 0.15) is 30.5 Å². The standard InChI is InChI=1S/C21H22FNO3/c1-23(2)21(24)9-6-16-10-11-25-20-13-18(7-8-19(16)20)26-14-15-4-3-5-17(22)12-15/h3-5,7-8,10,12-13H,6,9,11,14H2,1-2H3. The Kier molecular flexibility index (Phi) is 5.56. The maximum atomic E-state index is 13.2. The fourth-order valence-corrected chi connectivity index (χ4v) is 2.81. The highest BCUT2D eigenvalue weighted by atomic mass is 19.1. The van der Waals surface area contributed by atoms with Gasteiger partial charge in [0.15, 0.2) is 0 Å². The summed E-state index contributed by atoms with van der Waals surface area (Å²) in [6.07, 6.45) is 3.16. The maximum Gasteiger partial charge on any atom is 0.222 e. The Balaban J connectivity index is 1.66. The number of amides is 1. The van der Waals surface area contributed by atoms with Crippen molar-refractivity contribution in [2.45, 2.75) is 19.4 Å². The highest BCUT2D eigenvalue weighted by molar-refractivity contribution is 5.80. The molecule has 1 aliphatic rings. The van der Waals surface area contributed by atoms with E-state index in [4.69, 9.17) is 9.47 Å². The number of hydrogen-bond donors (Lipinski definition) is 0. The molecule has 0 fully saturated rings. The Morgan fingerprint density at radius 1 is 1.23 bits per heavy atom. The third kappa shape index (κ3) is 4.42. The Morgan fingerprint density at radius 2 is 2.08 bits per heavy atom. The first-order chi connectivity index (χ1) is 12.5. The minimum atomic E-state index is -0.276. The summed E-state index contributed by atoms with van der Waals surface area (Å²) in [5.74, 6) is 1.24. The minimum absolute atomic E-state index is 0.106. The normalized spacial score (nSPS) is 12.7. The molecule has 0 aliphatic carbocycles. The molecule has 4 nitrogen and oxygen atoms in total. The first-order valence-corrected chi connectivity index (χ1v) is 8.56. The van der Waals surface area contributed by atoms with Gasteiger partial charge in [0.05, 0.1) is 0 Å². The van der Waals surface area contributed by atoms with Crippen LogP contribution >= 0.6 is 0 Å². The second kappa shape index (κ2) is 8.04. The molecule has 1 amide bonds. The molecule has 26 heavy (non-hydrogen) atoms. The molecule has 0 N–H and O–H groups in total. The molecule has 2 aromatic carbocycles. The lowest BCUT2D eigenvalue weighted by Gasteiger charge is -2.20. The minimum Gasteiger partial charge on any atom is -0.489 e. The molecule has 136 valence electrons. The first-order valence-electron chi connectivity index (χ1n) is 8.56. The molecule has 0 saturated heterocycles. The van der Waals surface area contributed by atoms with E-state index in [1.807, 2.05) is 30.3 Å². The largest absolute Gasteiger partial charge is 0.489 e. The summed E-state index contributed by atoms with van der Waals surface area (Å²) in [6.45, 7) is 0.766. The second-order valence-electron chi connectivity index (χ2n) is 6.41. The van der Waals surface area contributed by atoms with Gasteiger partial charge in [0, 0.05) is 32.1 Å². The van der Waals surface area contributed by atoms with E-state index in [-0.39, 0.29) is 18.3 Å². The van der Waals surface area contributed by atoms with Crippen LogP contribution in [-0.2, 0) is 11.4 Å². The van der Waals surface area contributed by atoms with Gasteiger partial charge in [-0.25, -0.2) is 4.39 Å². The zero-order chi connectivity index (χ0) is 18.5. The van der Waals surface area contributed by atoms with Crippen molar-refractivity contribution in [1.82, 2.24) is 4.90 Å². The lowest BCUT2D eigenvalue weighted by atomic mass is 9.98. The number of halogens is 1. The van der Waals surface area contributed by atoms with Gasteiger partial charge in [-0.15, -0.1) is 0 Å². The van der Waals surface area contributed by atoms with Crippen molar-refractivity contribution in [1.29, 1.82) is 0 Å². The number of carbonyl (C=O) groups is 1. The van der Waals surface area contributed by atoms with Gasteiger partial charge in [-0.2, -0.15) is 0 Å². The maximum absolute atomic E-state index is 13.2. The van der Waals surface area contributed by atoms with Crippen LogP contribution in [0.5, 0.6) is 11.5 Å². The fraction of sp³-hybridized carbons (Fsp3) is 0.286. The van der Waals surface area contributed by atoms with E-state index >= 15 is 0 Å².